The van der Waals surface area contributed by atoms with Gasteiger partial charge in [-0.3, -0.25) is 4.57 Å². The van der Waals surface area contributed by atoms with Gasteiger partial charge in [0.25, 0.3) is 0 Å². The Kier molecular flexibility index (Phi) is 4.42. The molecule has 0 radical (unpaired) electrons. The number of imidazole rings is 1. The number of aromatic nitrogens is 4. The number of nitrogen functional groups attached to an aromatic ring is 1. The van der Waals surface area contributed by atoms with Crippen molar-refractivity contribution < 1.29 is 33.2 Å². The number of benzene rings is 1. The first kappa shape index (κ1) is 18.6. The lowest BCUT2D eigenvalue weighted by molar-refractivity contribution is -0.0511. The lowest BCUT2D eigenvalue weighted by Crippen LogP contribution is -2.33. The van der Waals surface area contributed by atoms with Gasteiger partial charge in [0.05, 0.1) is 12.9 Å². The van der Waals surface area contributed by atoms with Crippen LogP contribution in [0.25, 0.3) is 22.6 Å². The van der Waals surface area contributed by atoms with Crippen molar-refractivity contribution in [1.29, 1.82) is 0 Å². The third-order valence-corrected chi connectivity index (χ3v) is 4.48. The summed E-state index contributed by atoms with van der Waals surface area (Å²) in [5, 5.41) is 29.4. The van der Waals surface area contributed by atoms with E-state index in [0.29, 0.717) is 12.1 Å². The van der Waals surface area contributed by atoms with Crippen LogP contribution in [0.15, 0.2) is 18.5 Å². The van der Waals surface area contributed by atoms with E-state index in [1.165, 1.54) is 10.9 Å². The lowest BCUT2D eigenvalue weighted by Gasteiger charge is -2.16. The molecule has 1 saturated heterocycles. The zero-order valence-electron chi connectivity index (χ0n) is 14.0. The number of aliphatic hydroxyl groups is 3. The highest BCUT2D eigenvalue weighted by atomic mass is 19.2. The summed E-state index contributed by atoms with van der Waals surface area (Å²) in [6.45, 7) is -0.530. The summed E-state index contributed by atoms with van der Waals surface area (Å²) < 4.78 is 47.0. The van der Waals surface area contributed by atoms with E-state index in [-0.39, 0.29) is 28.4 Å². The molecule has 9 nitrogen and oxygen atoms in total. The minimum absolute atomic E-state index is 0.0440. The molecule has 1 aliphatic heterocycles. The van der Waals surface area contributed by atoms with Crippen molar-refractivity contribution in [1.82, 2.24) is 19.5 Å². The van der Waals surface area contributed by atoms with E-state index < -0.39 is 48.6 Å². The van der Waals surface area contributed by atoms with Gasteiger partial charge in [-0.15, -0.1) is 0 Å². The van der Waals surface area contributed by atoms with Crippen LogP contribution in [0.4, 0.5) is 19.0 Å². The lowest BCUT2D eigenvalue weighted by atomic mass is 10.1. The number of aliphatic hydroxyl groups excluding tert-OH is 3. The Labute approximate surface area is 154 Å². The van der Waals surface area contributed by atoms with Gasteiger partial charge in [0.1, 0.15) is 23.8 Å². The molecule has 148 valence electrons. The zero-order valence-corrected chi connectivity index (χ0v) is 14.0. The van der Waals surface area contributed by atoms with Gasteiger partial charge in [-0.25, -0.2) is 28.1 Å². The predicted octanol–water partition coefficient (Wildman–Crippen LogP) is 0.104. The van der Waals surface area contributed by atoms with E-state index in [1.807, 2.05) is 0 Å². The molecule has 5 N–H and O–H groups in total. The number of anilines is 1. The Balaban J connectivity index is 1.84. The van der Waals surface area contributed by atoms with Crippen molar-refractivity contribution in [3.05, 3.63) is 35.9 Å². The van der Waals surface area contributed by atoms with E-state index in [1.54, 1.807) is 0 Å². The molecular formula is C16H14F3N5O4. The molecule has 4 rings (SSSR count). The van der Waals surface area contributed by atoms with Gasteiger partial charge in [-0.2, -0.15) is 0 Å². The van der Waals surface area contributed by atoms with Gasteiger partial charge in [0.2, 0.25) is 0 Å². The Bertz CT molecular complexity index is 1040. The predicted molar refractivity (Wildman–Crippen MR) is 88.1 cm³/mol. The van der Waals surface area contributed by atoms with Gasteiger partial charge in [-0.05, 0) is 12.1 Å². The minimum atomic E-state index is -1.63. The molecule has 28 heavy (non-hydrogen) atoms. The van der Waals surface area contributed by atoms with E-state index in [9.17, 15) is 28.5 Å². The molecule has 0 saturated carbocycles. The van der Waals surface area contributed by atoms with Crippen LogP contribution in [0.3, 0.4) is 0 Å². The molecule has 4 atom stereocenters. The Morgan fingerprint density at radius 2 is 1.79 bits per heavy atom. The van der Waals surface area contributed by atoms with Crippen LogP contribution in [0.5, 0.6) is 0 Å². The smallest absolute Gasteiger partial charge is 0.194 e. The van der Waals surface area contributed by atoms with E-state index in [0.717, 1.165) is 0 Å². The molecule has 2 aromatic heterocycles. The van der Waals surface area contributed by atoms with Crippen molar-refractivity contribution in [2.24, 2.45) is 0 Å². The fourth-order valence-electron chi connectivity index (χ4n) is 3.05. The maximum Gasteiger partial charge on any atom is 0.194 e. The summed E-state index contributed by atoms with van der Waals surface area (Å²) in [6, 6.07) is 1.43. The van der Waals surface area contributed by atoms with Gasteiger partial charge in [0.15, 0.2) is 41.0 Å². The van der Waals surface area contributed by atoms with E-state index >= 15 is 0 Å². The molecule has 0 aliphatic carbocycles. The second kappa shape index (κ2) is 6.67. The summed E-state index contributed by atoms with van der Waals surface area (Å²) in [6.07, 6.45) is -3.72. The number of fused-ring (bicyclic) bond motifs is 1. The van der Waals surface area contributed by atoms with Crippen molar-refractivity contribution >= 4 is 17.0 Å². The number of nitrogens with zero attached hydrogens (tertiary/aromatic N) is 4. The van der Waals surface area contributed by atoms with Crippen LogP contribution in [-0.2, 0) is 4.74 Å². The van der Waals surface area contributed by atoms with Gasteiger partial charge in [-0.1, -0.05) is 0 Å². The molecule has 12 heteroatoms. The average Bonchev–Trinajstić information content (AvgIpc) is 3.21. The number of hydrogen-bond donors (Lipinski definition) is 4. The molecule has 0 amide bonds. The van der Waals surface area contributed by atoms with Gasteiger partial charge < -0.3 is 25.8 Å². The van der Waals surface area contributed by atoms with Crippen molar-refractivity contribution in [2.45, 2.75) is 24.5 Å². The molecule has 1 aromatic carbocycles. The average molecular weight is 397 g/mol. The summed E-state index contributed by atoms with van der Waals surface area (Å²) in [5.41, 5.74) is 5.84. The van der Waals surface area contributed by atoms with Gasteiger partial charge >= 0.3 is 0 Å². The maximum absolute atomic E-state index is 13.6. The van der Waals surface area contributed by atoms with Crippen LogP contribution < -0.4 is 5.73 Å². The third-order valence-electron chi connectivity index (χ3n) is 4.48. The summed E-state index contributed by atoms with van der Waals surface area (Å²) in [7, 11) is 0. The highest BCUT2D eigenvalue weighted by molar-refractivity contribution is 5.83. The second-order valence-corrected chi connectivity index (χ2v) is 6.24. The topological polar surface area (TPSA) is 140 Å². The molecular weight excluding hydrogens is 383 g/mol. The number of ether oxygens (including phenoxy) is 1. The molecule has 3 aromatic rings. The first-order valence-electron chi connectivity index (χ1n) is 8.09. The number of hydrogen-bond acceptors (Lipinski definition) is 8. The highest BCUT2D eigenvalue weighted by Crippen LogP contribution is 2.33. The summed E-state index contributed by atoms with van der Waals surface area (Å²) >= 11 is 0. The summed E-state index contributed by atoms with van der Waals surface area (Å²) in [5.74, 6) is -4.82. The SMILES string of the molecule is Nc1nc(-c2cc(F)c(F)c(F)c2)nc2c1ncn2[C@@H]1O[C@H](CO)[C@H](O)[C@@H]1O. The first-order chi connectivity index (χ1) is 13.3. The van der Waals surface area contributed by atoms with E-state index in [4.69, 9.17) is 10.5 Å². The Hall–Kier alpha value is -2.80. The molecule has 0 unspecified atom stereocenters. The first-order valence-corrected chi connectivity index (χ1v) is 8.09. The number of halogens is 3. The Morgan fingerprint density at radius 3 is 2.39 bits per heavy atom. The zero-order chi connectivity index (χ0) is 20.2. The molecule has 1 aliphatic rings. The maximum atomic E-state index is 13.6. The van der Waals surface area contributed by atoms with Crippen LogP contribution in [0, 0.1) is 17.5 Å². The number of rotatable bonds is 3. The van der Waals surface area contributed by atoms with Crippen molar-refractivity contribution in [2.75, 3.05) is 12.3 Å². The van der Waals surface area contributed by atoms with Crippen LogP contribution in [0.2, 0.25) is 0 Å². The largest absolute Gasteiger partial charge is 0.394 e. The normalized spacial score (nSPS) is 24.9. The quantitative estimate of drug-likeness (QED) is 0.457. The van der Waals surface area contributed by atoms with E-state index in [2.05, 4.69) is 15.0 Å². The fraction of sp³-hybridized carbons (Fsp3) is 0.312. The van der Waals surface area contributed by atoms with Crippen molar-refractivity contribution in [3.8, 4) is 11.4 Å². The molecule has 0 bridgehead atoms. The molecule has 3 heterocycles. The second-order valence-electron chi connectivity index (χ2n) is 6.24. The van der Waals surface area contributed by atoms with Gasteiger partial charge in [0, 0.05) is 5.56 Å². The van der Waals surface area contributed by atoms with Crippen LogP contribution >= 0.6 is 0 Å². The highest BCUT2D eigenvalue weighted by Gasteiger charge is 2.44. The summed E-state index contributed by atoms with van der Waals surface area (Å²) in [4.78, 5) is 12.1. The van der Waals surface area contributed by atoms with Crippen LogP contribution in [0.1, 0.15) is 6.23 Å². The number of nitrogens with two attached hydrogens (primary N) is 1. The standard InChI is InChI=1S/C16H14F3N5O4/c17-6-1-5(2-7(18)9(6)19)14-22-13(20)10-15(23-14)24(4-21-10)16-12(27)11(26)8(3-25)28-16/h1-2,4,8,11-12,16,25-27H,3H2,(H2,20,22,23)/t8-,11+,12+,16-/m1/s1. The third kappa shape index (κ3) is 2.77. The fourth-order valence-corrected chi connectivity index (χ4v) is 3.05. The Morgan fingerprint density at radius 1 is 1.11 bits per heavy atom. The minimum Gasteiger partial charge on any atom is -0.394 e. The van der Waals surface area contributed by atoms with Crippen molar-refractivity contribution in [3.63, 3.8) is 0 Å². The molecule has 1 fully saturated rings. The van der Waals surface area contributed by atoms with Crippen LogP contribution in [-0.4, -0.2) is 59.8 Å². The molecule has 0 spiro atoms. The monoisotopic (exact) mass is 397 g/mol.